The summed E-state index contributed by atoms with van der Waals surface area (Å²) in [6, 6.07) is 6.16. The molecule has 0 spiro atoms. The molecule has 0 aliphatic rings. The average molecular weight is 325 g/mol. The van der Waals surface area contributed by atoms with Gasteiger partial charge >= 0.3 is 0 Å². The monoisotopic (exact) mass is 324 g/mol. The molecule has 0 amide bonds. The number of aliphatic hydroxyl groups excluding tert-OH is 1. The molecule has 1 aromatic carbocycles. The van der Waals surface area contributed by atoms with Gasteiger partial charge in [-0.15, -0.1) is 5.10 Å². The van der Waals surface area contributed by atoms with Crippen molar-refractivity contribution >= 4 is 21.6 Å². The second-order valence-corrected chi connectivity index (χ2v) is 5.24. The molecule has 19 heavy (non-hydrogen) atoms. The Morgan fingerprint density at radius 3 is 3.05 bits per heavy atom. The molecule has 0 fully saturated rings. The Hall–Kier alpha value is -1.40. The van der Waals surface area contributed by atoms with Crippen molar-refractivity contribution in [2.45, 2.75) is 26.4 Å². The van der Waals surface area contributed by atoms with Gasteiger partial charge < -0.3 is 10.4 Å². The standard InChI is InChI=1S/C13H17BrN4O/c1-10-3-4-12(14)13(7-10)15-8-11-9-18(17-16-11)5-2-6-19/h3-4,7,9,15,19H,2,5-6,8H2,1H3. The molecule has 5 nitrogen and oxygen atoms in total. The second-order valence-electron chi connectivity index (χ2n) is 4.39. The van der Waals surface area contributed by atoms with Gasteiger partial charge in [0.2, 0.25) is 0 Å². The number of aryl methyl sites for hydroxylation is 2. The van der Waals surface area contributed by atoms with Crippen LogP contribution in [0, 0.1) is 6.92 Å². The SMILES string of the molecule is Cc1ccc(Br)c(NCc2cn(CCCO)nn2)c1. The van der Waals surface area contributed by atoms with Crippen LogP contribution in [0.15, 0.2) is 28.9 Å². The maximum absolute atomic E-state index is 8.76. The van der Waals surface area contributed by atoms with E-state index >= 15 is 0 Å². The molecular formula is C13H17BrN4O. The van der Waals surface area contributed by atoms with Gasteiger partial charge in [0.1, 0.15) is 5.69 Å². The third-order valence-corrected chi connectivity index (χ3v) is 3.40. The van der Waals surface area contributed by atoms with Crippen LogP contribution in [0.5, 0.6) is 0 Å². The van der Waals surface area contributed by atoms with Gasteiger partial charge in [-0.1, -0.05) is 11.3 Å². The summed E-state index contributed by atoms with van der Waals surface area (Å²) in [7, 11) is 0. The molecule has 2 aromatic rings. The smallest absolute Gasteiger partial charge is 0.102 e. The summed E-state index contributed by atoms with van der Waals surface area (Å²) in [5.41, 5.74) is 3.13. The fraction of sp³-hybridized carbons (Fsp3) is 0.385. The highest BCUT2D eigenvalue weighted by atomic mass is 79.9. The average Bonchev–Trinajstić information content (AvgIpc) is 2.85. The highest BCUT2D eigenvalue weighted by Gasteiger charge is 2.03. The third kappa shape index (κ3) is 4.04. The van der Waals surface area contributed by atoms with Gasteiger partial charge in [-0.25, -0.2) is 0 Å². The van der Waals surface area contributed by atoms with Crippen molar-refractivity contribution in [3.05, 3.63) is 40.1 Å². The number of benzene rings is 1. The van der Waals surface area contributed by atoms with Crippen LogP contribution in [0.1, 0.15) is 17.7 Å². The van der Waals surface area contributed by atoms with E-state index in [-0.39, 0.29) is 6.61 Å². The van der Waals surface area contributed by atoms with Crippen LogP contribution in [0.2, 0.25) is 0 Å². The topological polar surface area (TPSA) is 63.0 Å². The van der Waals surface area contributed by atoms with Gasteiger partial charge in [-0.3, -0.25) is 4.68 Å². The summed E-state index contributed by atoms with van der Waals surface area (Å²) in [4.78, 5) is 0. The largest absolute Gasteiger partial charge is 0.396 e. The van der Waals surface area contributed by atoms with Crippen LogP contribution < -0.4 is 5.32 Å². The van der Waals surface area contributed by atoms with Crippen LogP contribution in [0.4, 0.5) is 5.69 Å². The second kappa shape index (κ2) is 6.68. The molecule has 2 rings (SSSR count). The summed E-state index contributed by atoms with van der Waals surface area (Å²) in [5.74, 6) is 0. The first-order valence-corrected chi connectivity index (χ1v) is 6.98. The zero-order chi connectivity index (χ0) is 13.7. The first-order valence-electron chi connectivity index (χ1n) is 6.19. The van der Waals surface area contributed by atoms with Crippen LogP contribution in [0.3, 0.4) is 0 Å². The first-order chi connectivity index (χ1) is 9.19. The summed E-state index contributed by atoms with van der Waals surface area (Å²) in [5, 5.41) is 20.2. The van der Waals surface area contributed by atoms with Crippen molar-refractivity contribution < 1.29 is 5.11 Å². The predicted molar refractivity (Wildman–Crippen MR) is 77.9 cm³/mol. The summed E-state index contributed by atoms with van der Waals surface area (Å²) in [6.07, 6.45) is 2.59. The number of nitrogens with zero attached hydrogens (tertiary/aromatic N) is 3. The lowest BCUT2D eigenvalue weighted by Crippen LogP contribution is -2.01. The number of hydrogen-bond donors (Lipinski definition) is 2. The van der Waals surface area contributed by atoms with Crippen LogP contribution in [-0.4, -0.2) is 26.7 Å². The van der Waals surface area contributed by atoms with Crippen molar-refractivity contribution in [2.24, 2.45) is 0 Å². The van der Waals surface area contributed by atoms with E-state index in [4.69, 9.17) is 5.11 Å². The number of rotatable bonds is 6. The molecule has 0 saturated carbocycles. The fourth-order valence-electron chi connectivity index (χ4n) is 1.72. The van der Waals surface area contributed by atoms with Gasteiger partial charge in [-0.05, 0) is 47.0 Å². The van der Waals surface area contributed by atoms with Gasteiger partial charge in [0, 0.05) is 23.3 Å². The van der Waals surface area contributed by atoms with Gasteiger partial charge in [0.25, 0.3) is 0 Å². The summed E-state index contributed by atoms with van der Waals surface area (Å²) >= 11 is 3.51. The Morgan fingerprint density at radius 1 is 1.42 bits per heavy atom. The van der Waals surface area contributed by atoms with E-state index < -0.39 is 0 Å². The molecule has 0 radical (unpaired) electrons. The Kier molecular flexibility index (Phi) is 4.93. The Labute approximate surface area is 120 Å². The number of aromatic nitrogens is 3. The molecule has 0 atom stereocenters. The summed E-state index contributed by atoms with van der Waals surface area (Å²) in [6.45, 7) is 3.55. The van der Waals surface area contributed by atoms with E-state index in [1.54, 1.807) is 4.68 Å². The number of halogens is 1. The molecule has 0 saturated heterocycles. The fourth-order valence-corrected chi connectivity index (χ4v) is 2.11. The lowest BCUT2D eigenvalue weighted by molar-refractivity contribution is 0.276. The Morgan fingerprint density at radius 2 is 2.26 bits per heavy atom. The highest BCUT2D eigenvalue weighted by molar-refractivity contribution is 9.10. The lowest BCUT2D eigenvalue weighted by Gasteiger charge is -2.07. The summed E-state index contributed by atoms with van der Waals surface area (Å²) < 4.78 is 2.78. The lowest BCUT2D eigenvalue weighted by atomic mass is 10.2. The van der Waals surface area contributed by atoms with Crippen molar-refractivity contribution in [1.82, 2.24) is 15.0 Å². The molecule has 6 heteroatoms. The number of aliphatic hydroxyl groups is 1. The minimum atomic E-state index is 0.170. The molecule has 0 aliphatic carbocycles. The normalized spacial score (nSPS) is 10.7. The molecule has 1 aromatic heterocycles. The zero-order valence-electron chi connectivity index (χ0n) is 10.8. The molecule has 2 N–H and O–H groups in total. The third-order valence-electron chi connectivity index (χ3n) is 2.71. The van der Waals surface area contributed by atoms with Crippen molar-refractivity contribution in [3.8, 4) is 0 Å². The maximum atomic E-state index is 8.76. The minimum Gasteiger partial charge on any atom is -0.396 e. The molecular weight excluding hydrogens is 308 g/mol. The Balaban J connectivity index is 1.94. The van der Waals surface area contributed by atoms with Crippen LogP contribution in [0.25, 0.3) is 0 Å². The van der Waals surface area contributed by atoms with Crippen molar-refractivity contribution in [1.29, 1.82) is 0 Å². The van der Waals surface area contributed by atoms with E-state index in [0.717, 1.165) is 15.9 Å². The van der Waals surface area contributed by atoms with Crippen LogP contribution in [-0.2, 0) is 13.1 Å². The van der Waals surface area contributed by atoms with E-state index in [1.165, 1.54) is 5.56 Å². The van der Waals surface area contributed by atoms with Crippen LogP contribution >= 0.6 is 15.9 Å². The van der Waals surface area contributed by atoms with E-state index in [1.807, 2.05) is 12.3 Å². The highest BCUT2D eigenvalue weighted by Crippen LogP contribution is 2.23. The zero-order valence-corrected chi connectivity index (χ0v) is 12.4. The molecule has 0 bridgehead atoms. The molecule has 1 heterocycles. The molecule has 102 valence electrons. The number of nitrogens with one attached hydrogen (secondary N) is 1. The van der Waals surface area contributed by atoms with Crippen molar-refractivity contribution in [2.75, 3.05) is 11.9 Å². The van der Waals surface area contributed by atoms with E-state index in [9.17, 15) is 0 Å². The predicted octanol–water partition coefficient (Wildman–Crippen LogP) is 2.34. The van der Waals surface area contributed by atoms with Gasteiger partial charge in [0.15, 0.2) is 0 Å². The first kappa shape index (κ1) is 14.0. The molecule has 0 aliphatic heterocycles. The molecule has 0 unspecified atom stereocenters. The number of anilines is 1. The number of hydrogen-bond acceptors (Lipinski definition) is 4. The maximum Gasteiger partial charge on any atom is 0.102 e. The van der Waals surface area contributed by atoms with E-state index in [2.05, 4.69) is 50.6 Å². The van der Waals surface area contributed by atoms with Crippen molar-refractivity contribution in [3.63, 3.8) is 0 Å². The minimum absolute atomic E-state index is 0.170. The Bertz CT molecular complexity index is 541. The van der Waals surface area contributed by atoms with E-state index in [0.29, 0.717) is 19.5 Å². The quantitative estimate of drug-likeness (QED) is 0.856. The van der Waals surface area contributed by atoms with Gasteiger partial charge in [0.05, 0.1) is 12.7 Å². The van der Waals surface area contributed by atoms with Gasteiger partial charge in [-0.2, -0.15) is 0 Å².